The molecule has 0 aliphatic carbocycles. The Morgan fingerprint density at radius 1 is 1.35 bits per heavy atom. The van der Waals surface area contributed by atoms with E-state index in [2.05, 4.69) is 5.32 Å². The highest BCUT2D eigenvalue weighted by atomic mass is 32.2. The van der Waals surface area contributed by atoms with Gasteiger partial charge in [-0.1, -0.05) is 25.1 Å². The molecule has 1 unspecified atom stereocenters. The molecule has 1 amide bonds. The minimum Gasteiger partial charge on any atom is -0.478 e. The van der Waals surface area contributed by atoms with Crippen LogP contribution in [-0.2, 0) is 11.2 Å². The van der Waals surface area contributed by atoms with Gasteiger partial charge in [0.15, 0.2) is 0 Å². The second-order valence-corrected chi connectivity index (χ2v) is 5.50. The van der Waals surface area contributed by atoms with Crippen LogP contribution in [-0.4, -0.2) is 35.0 Å². The Hall–Kier alpha value is -1.49. The lowest BCUT2D eigenvalue weighted by Gasteiger charge is -2.15. The number of amides is 1. The summed E-state index contributed by atoms with van der Waals surface area (Å²) in [6.07, 6.45) is 3.68. The van der Waals surface area contributed by atoms with Crippen LogP contribution >= 0.6 is 11.8 Å². The van der Waals surface area contributed by atoms with E-state index in [9.17, 15) is 9.59 Å². The lowest BCUT2D eigenvalue weighted by molar-refractivity contribution is -0.121. The SMILES string of the molecule is CCC(CSC)NC(=O)CCc1ccccc1C(=O)O. The Bertz CT molecular complexity index is 462. The Morgan fingerprint density at radius 2 is 2.05 bits per heavy atom. The number of aromatic carboxylic acids is 1. The zero-order valence-corrected chi connectivity index (χ0v) is 12.7. The van der Waals surface area contributed by atoms with E-state index >= 15 is 0 Å². The number of nitrogens with one attached hydrogen (secondary N) is 1. The number of aryl methyl sites for hydroxylation is 1. The molecule has 1 rings (SSSR count). The standard InChI is InChI=1S/C15H21NO3S/c1-3-12(10-20-2)16-14(17)9-8-11-6-4-5-7-13(11)15(18)19/h4-7,12H,3,8-10H2,1-2H3,(H,16,17)(H,18,19). The molecule has 0 bridgehead atoms. The number of carbonyl (C=O) groups excluding carboxylic acids is 1. The first kappa shape index (κ1) is 16.6. The predicted molar refractivity (Wildman–Crippen MR) is 82.3 cm³/mol. The second-order valence-electron chi connectivity index (χ2n) is 4.59. The van der Waals surface area contributed by atoms with Gasteiger partial charge in [-0.05, 0) is 30.7 Å². The number of hydrogen-bond donors (Lipinski definition) is 2. The van der Waals surface area contributed by atoms with E-state index in [0.717, 1.165) is 12.2 Å². The fraction of sp³-hybridized carbons (Fsp3) is 0.467. The van der Waals surface area contributed by atoms with Gasteiger partial charge >= 0.3 is 5.97 Å². The van der Waals surface area contributed by atoms with E-state index in [1.54, 1.807) is 36.0 Å². The van der Waals surface area contributed by atoms with E-state index < -0.39 is 5.97 Å². The largest absolute Gasteiger partial charge is 0.478 e. The summed E-state index contributed by atoms with van der Waals surface area (Å²) in [5.41, 5.74) is 0.976. The molecule has 0 fully saturated rings. The van der Waals surface area contributed by atoms with Crippen LogP contribution < -0.4 is 5.32 Å². The van der Waals surface area contributed by atoms with Crippen LogP contribution in [0.5, 0.6) is 0 Å². The molecule has 2 N–H and O–H groups in total. The number of rotatable bonds is 8. The molecular formula is C15H21NO3S. The van der Waals surface area contributed by atoms with Crippen molar-refractivity contribution < 1.29 is 14.7 Å². The Labute approximate surface area is 124 Å². The quantitative estimate of drug-likeness (QED) is 0.773. The van der Waals surface area contributed by atoms with Crippen LogP contribution in [0.25, 0.3) is 0 Å². The van der Waals surface area contributed by atoms with E-state index in [1.165, 1.54) is 0 Å². The summed E-state index contributed by atoms with van der Waals surface area (Å²) in [7, 11) is 0. The molecule has 0 aromatic heterocycles. The summed E-state index contributed by atoms with van der Waals surface area (Å²) >= 11 is 1.70. The summed E-state index contributed by atoms with van der Waals surface area (Å²) in [6, 6.07) is 7.00. The first-order valence-corrected chi connectivity index (χ1v) is 8.07. The van der Waals surface area contributed by atoms with Gasteiger partial charge in [-0.3, -0.25) is 4.79 Å². The molecule has 1 atom stereocenters. The molecule has 0 radical (unpaired) electrons. The molecule has 0 heterocycles. The highest BCUT2D eigenvalue weighted by molar-refractivity contribution is 7.98. The topological polar surface area (TPSA) is 66.4 Å². The lowest BCUT2D eigenvalue weighted by Crippen LogP contribution is -2.36. The molecule has 1 aromatic carbocycles. The van der Waals surface area contributed by atoms with Crippen LogP contribution in [0.2, 0.25) is 0 Å². The molecule has 0 aliphatic heterocycles. The summed E-state index contributed by atoms with van der Waals surface area (Å²) in [6.45, 7) is 2.04. The molecule has 0 saturated carbocycles. The predicted octanol–water partition coefficient (Wildman–Crippen LogP) is 2.58. The van der Waals surface area contributed by atoms with Crippen LogP contribution in [0.4, 0.5) is 0 Å². The summed E-state index contributed by atoms with van der Waals surface area (Å²) in [5, 5.41) is 12.1. The zero-order valence-electron chi connectivity index (χ0n) is 11.9. The fourth-order valence-corrected chi connectivity index (χ4v) is 2.68. The van der Waals surface area contributed by atoms with Crippen molar-refractivity contribution >= 4 is 23.6 Å². The maximum absolute atomic E-state index is 11.9. The number of carbonyl (C=O) groups is 2. The highest BCUT2D eigenvalue weighted by Gasteiger charge is 2.12. The van der Waals surface area contributed by atoms with Crippen molar-refractivity contribution in [3.8, 4) is 0 Å². The van der Waals surface area contributed by atoms with Crippen molar-refractivity contribution in [2.75, 3.05) is 12.0 Å². The molecule has 20 heavy (non-hydrogen) atoms. The smallest absolute Gasteiger partial charge is 0.335 e. The van der Waals surface area contributed by atoms with Gasteiger partial charge in [-0.2, -0.15) is 11.8 Å². The minimum absolute atomic E-state index is 0.0221. The number of hydrogen-bond acceptors (Lipinski definition) is 3. The Kier molecular flexibility index (Phi) is 7.15. The summed E-state index contributed by atoms with van der Waals surface area (Å²) < 4.78 is 0. The number of benzene rings is 1. The molecule has 110 valence electrons. The van der Waals surface area contributed by atoms with Gasteiger partial charge in [-0.15, -0.1) is 0 Å². The summed E-state index contributed by atoms with van der Waals surface area (Å²) in [4.78, 5) is 22.9. The molecule has 0 spiro atoms. The van der Waals surface area contributed by atoms with Gasteiger partial charge in [-0.25, -0.2) is 4.79 Å². The van der Waals surface area contributed by atoms with Crippen LogP contribution in [0.1, 0.15) is 35.7 Å². The van der Waals surface area contributed by atoms with Crippen LogP contribution in [0.3, 0.4) is 0 Å². The van der Waals surface area contributed by atoms with E-state index in [4.69, 9.17) is 5.11 Å². The fourth-order valence-electron chi connectivity index (χ4n) is 1.96. The van der Waals surface area contributed by atoms with Crippen molar-refractivity contribution in [1.82, 2.24) is 5.32 Å². The van der Waals surface area contributed by atoms with Crippen molar-refractivity contribution in [3.05, 3.63) is 35.4 Å². The molecule has 4 nitrogen and oxygen atoms in total. The van der Waals surface area contributed by atoms with Gasteiger partial charge in [0, 0.05) is 18.2 Å². The molecular weight excluding hydrogens is 274 g/mol. The van der Waals surface area contributed by atoms with Crippen molar-refractivity contribution in [2.24, 2.45) is 0 Å². The summed E-state index contributed by atoms with van der Waals surface area (Å²) in [5.74, 6) is -0.0746. The first-order chi connectivity index (χ1) is 9.58. The lowest BCUT2D eigenvalue weighted by atomic mass is 10.0. The number of thioether (sulfide) groups is 1. The van der Waals surface area contributed by atoms with Crippen LogP contribution in [0.15, 0.2) is 24.3 Å². The van der Waals surface area contributed by atoms with Crippen molar-refractivity contribution in [1.29, 1.82) is 0 Å². The van der Waals surface area contributed by atoms with Crippen LogP contribution in [0, 0.1) is 0 Å². The third-order valence-corrected chi connectivity index (χ3v) is 3.83. The Morgan fingerprint density at radius 3 is 2.65 bits per heavy atom. The van der Waals surface area contributed by atoms with E-state index in [-0.39, 0.29) is 17.5 Å². The molecule has 5 heteroatoms. The minimum atomic E-state index is -0.949. The Balaban J connectivity index is 2.55. The van der Waals surface area contributed by atoms with Gasteiger partial charge < -0.3 is 10.4 Å². The maximum atomic E-state index is 11.9. The van der Waals surface area contributed by atoms with E-state index in [1.807, 2.05) is 13.2 Å². The third-order valence-electron chi connectivity index (χ3n) is 3.09. The molecule has 0 saturated heterocycles. The average Bonchev–Trinajstić information content (AvgIpc) is 2.44. The van der Waals surface area contributed by atoms with Gasteiger partial charge in [0.05, 0.1) is 5.56 Å². The monoisotopic (exact) mass is 295 g/mol. The highest BCUT2D eigenvalue weighted by Crippen LogP contribution is 2.11. The van der Waals surface area contributed by atoms with Gasteiger partial charge in [0.25, 0.3) is 0 Å². The van der Waals surface area contributed by atoms with Gasteiger partial charge in [0.2, 0.25) is 5.91 Å². The van der Waals surface area contributed by atoms with E-state index in [0.29, 0.717) is 18.4 Å². The van der Waals surface area contributed by atoms with Crippen molar-refractivity contribution in [3.63, 3.8) is 0 Å². The van der Waals surface area contributed by atoms with Gasteiger partial charge in [0.1, 0.15) is 0 Å². The average molecular weight is 295 g/mol. The molecule has 1 aromatic rings. The second kappa shape index (κ2) is 8.64. The normalized spacial score (nSPS) is 11.9. The molecule has 0 aliphatic rings. The third kappa shape index (κ3) is 5.25. The maximum Gasteiger partial charge on any atom is 0.335 e. The first-order valence-electron chi connectivity index (χ1n) is 6.68. The number of carboxylic acids is 1. The number of carboxylic acid groups (broad SMARTS) is 1. The zero-order chi connectivity index (χ0) is 15.0. The van der Waals surface area contributed by atoms with Crippen molar-refractivity contribution in [2.45, 2.75) is 32.2 Å².